The van der Waals surface area contributed by atoms with Gasteiger partial charge in [-0.3, -0.25) is 0 Å². The highest BCUT2D eigenvalue weighted by Gasteiger charge is 2.07. The molecule has 15 heavy (non-hydrogen) atoms. The topological polar surface area (TPSA) is 38.2 Å². The fraction of sp³-hybridized carbons (Fsp3) is 0.600. The van der Waals surface area contributed by atoms with Gasteiger partial charge in [0, 0.05) is 25.0 Å². The molecule has 1 aromatic rings. The zero-order chi connectivity index (χ0) is 11.1. The molecule has 0 radical (unpaired) electrons. The minimum atomic E-state index is 0.579. The van der Waals surface area contributed by atoms with Crippen LogP contribution in [0.5, 0.6) is 5.88 Å². The maximum Gasteiger partial charge on any atom is 0.218 e. The van der Waals surface area contributed by atoms with E-state index in [0.29, 0.717) is 11.8 Å². The Bertz CT molecular complexity index is 290. The van der Waals surface area contributed by atoms with Crippen LogP contribution in [-0.4, -0.2) is 36.0 Å². The van der Waals surface area contributed by atoms with Gasteiger partial charge in [0.15, 0.2) is 0 Å². The summed E-state index contributed by atoms with van der Waals surface area (Å²) in [6, 6.07) is 1.82. The number of aromatic nitrogens is 2. The molecule has 0 saturated heterocycles. The molecule has 0 aliphatic carbocycles. The van der Waals surface area contributed by atoms with E-state index in [1.165, 1.54) is 6.33 Å². The highest BCUT2D eigenvalue weighted by Crippen LogP contribution is 2.15. The summed E-state index contributed by atoms with van der Waals surface area (Å²) in [5.41, 5.74) is 0. The lowest BCUT2D eigenvalue weighted by molar-refractivity contribution is 0.396. The van der Waals surface area contributed by atoms with Crippen LogP contribution < -0.4 is 9.64 Å². The van der Waals surface area contributed by atoms with E-state index in [2.05, 4.69) is 21.8 Å². The van der Waals surface area contributed by atoms with E-state index in [-0.39, 0.29) is 0 Å². The van der Waals surface area contributed by atoms with Gasteiger partial charge in [-0.05, 0) is 6.42 Å². The number of rotatable bonds is 6. The molecule has 0 spiro atoms. The molecule has 1 aromatic heterocycles. The van der Waals surface area contributed by atoms with Gasteiger partial charge in [-0.2, -0.15) is 0 Å². The summed E-state index contributed by atoms with van der Waals surface area (Å²) in [7, 11) is 1.60. The van der Waals surface area contributed by atoms with Gasteiger partial charge in [0.05, 0.1) is 7.11 Å². The van der Waals surface area contributed by atoms with Crippen LogP contribution in [0, 0.1) is 0 Å². The summed E-state index contributed by atoms with van der Waals surface area (Å²) in [6.45, 7) is 3.85. The average Bonchev–Trinajstić information content (AvgIpc) is 2.29. The van der Waals surface area contributed by atoms with Crippen LogP contribution in [0.25, 0.3) is 0 Å². The van der Waals surface area contributed by atoms with Crippen molar-refractivity contribution in [1.82, 2.24) is 9.97 Å². The maximum atomic E-state index is 5.74. The van der Waals surface area contributed by atoms with Crippen LogP contribution in [-0.2, 0) is 0 Å². The number of alkyl halides is 1. The number of nitrogens with zero attached hydrogens (tertiary/aromatic N) is 3. The van der Waals surface area contributed by atoms with Crippen molar-refractivity contribution in [2.75, 3.05) is 31.0 Å². The molecule has 0 fully saturated rings. The Kier molecular flexibility index (Phi) is 5.18. The summed E-state index contributed by atoms with van der Waals surface area (Å²) >= 11 is 5.74. The van der Waals surface area contributed by atoms with E-state index in [4.69, 9.17) is 16.3 Å². The van der Waals surface area contributed by atoms with E-state index in [9.17, 15) is 0 Å². The molecule has 84 valence electrons. The molecule has 0 aliphatic rings. The monoisotopic (exact) mass is 229 g/mol. The standard InChI is InChI=1S/C10H16ClN3O/c1-3-5-14(6-4-11)9-7-10(15-2)13-8-12-9/h7-8H,3-6H2,1-2H3. The van der Waals surface area contributed by atoms with Crippen molar-refractivity contribution in [1.29, 1.82) is 0 Å². The Morgan fingerprint density at radius 3 is 2.80 bits per heavy atom. The molecule has 1 heterocycles. The van der Waals surface area contributed by atoms with Crippen LogP contribution in [0.3, 0.4) is 0 Å². The van der Waals surface area contributed by atoms with Crippen LogP contribution >= 0.6 is 11.6 Å². The summed E-state index contributed by atoms with van der Waals surface area (Å²) in [4.78, 5) is 10.3. The number of halogens is 1. The Labute approximate surface area is 95.2 Å². The lowest BCUT2D eigenvalue weighted by Crippen LogP contribution is -2.27. The molecular formula is C10H16ClN3O. The summed E-state index contributed by atoms with van der Waals surface area (Å²) in [5.74, 6) is 2.03. The van der Waals surface area contributed by atoms with Crippen molar-refractivity contribution in [3.05, 3.63) is 12.4 Å². The Balaban J connectivity index is 2.79. The highest BCUT2D eigenvalue weighted by atomic mass is 35.5. The van der Waals surface area contributed by atoms with Crippen molar-refractivity contribution in [2.24, 2.45) is 0 Å². The predicted molar refractivity (Wildman–Crippen MR) is 61.8 cm³/mol. The number of methoxy groups -OCH3 is 1. The smallest absolute Gasteiger partial charge is 0.218 e. The van der Waals surface area contributed by atoms with Gasteiger partial charge >= 0.3 is 0 Å². The van der Waals surface area contributed by atoms with Crippen molar-refractivity contribution < 1.29 is 4.74 Å². The quantitative estimate of drug-likeness (QED) is 0.699. The minimum absolute atomic E-state index is 0.579. The highest BCUT2D eigenvalue weighted by molar-refractivity contribution is 6.18. The lowest BCUT2D eigenvalue weighted by atomic mass is 10.4. The van der Waals surface area contributed by atoms with Crippen LogP contribution in [0.1, 0.15) is 13.3 Å². The van der Waals surface area contributed by atoms with Gasteiger partial charge in [0.25, 0.3) is 0 Å². The zero-order valence-electron chi connectivity index (χ0n) is 9.11. The van der Waals surface area contributed by atoms with Gasteiger partial charge < -0.3 is 9.64 Å². The first-order valence-corrected chi connectivity index (χ1v) is 5.52. The summed E-state index contributed by atoms with van der Waals surface area (Å²) in [6.07, 6.45) is 2.56. The van der Waals surface area contributed by atoms with Gasteiger partial charge in [-0.25, -0.2) is 9.97 Å². The fourth-order valence-corrected chi connectivity index (χ4v) is 1.53. The Morgan fingerprint density at radius 2 is 2.20 bits per heavy atom. The molecular weight excluding hydrogens is 214 g/mol. The minimum Gasteiger partial charge on any atom is -0.481 e. The summed E-state index contributed by atoms with van der Waals surface area (Å²) in [5, 5.41) is 0. The molecule has 0 unspecified atom stereocenters. The van der Waals surface area contributed by atoms with E-state index >= 15 is 0 Å². The van der Waals surface area contributed by atoms with Crippen LogP contribution in [0.2, 0.25) is 0 Å². The fourth-order valence-electron chi connectivity index (χ4n) is 1.33. The second-order valence-electron chi connectivity index (χ2n) is 3.09. The maximum absolute atomic E-state index is 5.74. The lowest BCUT2D eigenvalue weighted by Gasteiger charge is -2.21. The normalized spacial score (nSPS) is 10.1. The molecule has 0 N–H and O–H groups in total. The average molecular weight is 230 g/mol. The molecule has 0 aromatic carbocycles. The van der Waals surface area contributed by atoms with Crippen LogP contribution in [0.15, 0.2) is 12.4 Å². The third-order valence-electron chi connectivity index (χ3n) is 2.01. The van der Waals surface area contributed by atoms with E-state index in [1.54, 1.807) is 7.11 Å². The SMILES string of the molecule is CCCN(CCCl)c1cc(OC)ncn1. The Morgan fingerprint density at radius 1 is 1.40 bits per heavy atom. The Hall–Kier alpha value is -1.03. The number of anilines is 1. The third-order valence-corrected chi connectivity index (χ3v) is 2.18. The first kappa shape index (κ1) is 12.0. The van der Waals surface area contributed by atoms with Gasteiger partial charge in [-0.15, -0.1) is 11.6 Å². The van der Waals surface area contributed by atoms with Crippen LogP contribution in [0.4, 0.5) is 5.82 Å². The number of hydrogen-bond acceptors (Lipinski definition) is 4. The molecule has 0 saturated carbocycles. The molecule has 5 heteroatoms. The van der Waals surface area contributed by atoms with Gasteiger partial charge in [0.2, 0.25) is 5.88 Å². The van der Waals surface area contributed by atoms with Crippen molar-refractivity contribution in [3.8, 4) is 5.88 Å². The van der Waals surface area contributed by atoms with Crippen molar-refractivity contribution in [3.63, 3.8) is 0 Å². The van der Waals surface area contributed by atoms with Gasteiger partial charge in [0.1, 0.15) is 12.1 Å². The van der Waals surface area contributed by atoms with Crippen molar-refractivity contribution in [2.45, 2.75) is 13.3 Å². The second kappa shape index (κ2) is 6.45. The first-order chi connectivity index (χ1) is 7.31. The third kappa shape index (κ3) is 3.55. The molecule has 0 amide bonds. The molecule has 0 atom stereocenters. The zero-order valence-corrected chi connectivity index (χ0v) is 9.87. The molecule has 0 aliphatic heterocycles. The first-order valence-electron chi connectivity index (χ1n) is 4.98. The van der Waals surface area contributed by atoms with E-state index in [0.717, 1.165) is 25.3 Å². The second-order valence-corrected chi connectivity index (χ2v) is 3.47. The summed E-state index contributed by atoms with van der Waals surface area (Å²) < 4.78 is 5.05. The molecule has 1 rings (SSSR count). The molecule has 4 nitrogen and oxygen atoms in total. The van der Waals surface area contributed by atoms with E-state index in [1.807, 2.05) is 6.07 Å². The number of hydrogen-bond donors (Lipinski definition) is 0. The van der Waals surface area contributed by atoms with E-state index < -0.39 is 0 Å². The van der Waals surface area contributed by atoms with Gasteiger partial charge in [-0.1, -0.05) is 6.92 Å². The predicted octanol–water partition coefficient (Wildman–Crippen LogP) is 1.94. The van der Waals surface area contributed by atoms with Crippen molar-refractivity contribution >= 4 is 17.4 Å². The largest absolute Gasteiger partial charge is 0.481 e. The number of ether oxygens (including phenoxy) is 1. The molecule has 0 bridgehead atoms.